The van der Waals surface area contributed by atoms with E-state index in [-0.39, 0.29) is 11.8 Å². The summed E-state index contributed by atoms with van der Waals surface area (Å²) in [4.78, 5) is 31.0. The van der Waals surface area contributed by atoms with Crippen LogP contribution in [0.4, 0.5) is 0 Å². The average Bonchev–Trinajstić information content (AvgIpc) is 2.80. The predicted octanol–water partition coefficient (Wildman–Crippen LogP) is 3.95. The molecule has 1 aliphatic heterocycles. The Balaban J connectivity index is 1.69. The monoisotopic (exact) mass is 397 g/mol. The summed E-state index contributed by atoms with van der Waals surface area (Å²) in [6.45, 7) is 1.98. The number of halogens is 1. The van der Waals surface area contributed by atoms with Gasteiger partial charge in [-0.2, -0.15) is 0 Å². The zero-order chi connectivity index (χ0) is 20.1. The van der Waals surface area contributed by atoms with Crippen molar-refractivity contribution in [1.29, 1.82) is 0 Å². The smallest absolute Gasteiger partial charge is 0.253 e. The van der Waals surface area contributed by atoms with Crippen LogP contribution >= 0.6 is 11.6 Å². The van der Waals surface area contributed by atoms with Crippen molar-refractivity contribution in [3.05, 3.63) is 70.7 Å². The summed E-state index contributed by atoms with van der Waals surface area (Å²) in [6.07, 6.45) is 14.0. The van der Waals surface area contributed by atoms with E-state index < -0.39 is 6.04 Å². The van der Waals surface area contributed by atoms with Crippen molar-refractivity contribution >= 4 is 29.0 Å². The first-order valence-electron chi connectivity index (χ1n) is 9.43. The van der Waals surface area contributed by atoms with Crippen molar-refractivity contribution < 1.29 is 9.59 Å². The Bertz CT molecular complexity index is 884. The number of nitrogens with one attached hydrogen (secondary N) is 1. The molecular weight excluding hydrogens is 374 g/mol. The second-order valence-corrected chi connectivity index (χ2v) is 7.25. The lowest BCUT2D eigenvalue weighted by Crippen LogP contribution is -2.43. The highest BCUT2D eigenvalue weighted by Crippen LogP contribution is 2.32. The van der Waals surface area contributed by atoms with Gasteiger partial charge in [0.05, 0.1) is 11.3 Å². The number of aromatic nitrogens is 1. The Kier molecular flexibility index (Phi) is 6.47. The summed E-state index contributed by atoms with van der Waals surface area (Å²) in [5, 5.41) is 3.43. The number of nitrogens with zero attached hydrogens (tertiary/aromatic N) is 2. The average molecular weight is 398 g/mol. The van der Waals surface area contributed by atoms with E-state index in [9.17, 15) is 9.59 Å². The molecule has 1 fully saturated rings. The van der Waals surface area contributed by atoms with Crippen LogP contribution in [0.1, 0.15) is 38.2 Å². The van der Waals surface area contributed by atoms with Crippen molar-refractivity contribution in [3.63, 3.8) is 0 Å². The highest BCUT2D eigenvalue weighted by molar-refractivity contribution is 6.31. The van der Waals surface area contributed by atoms with E-state index >= 15 is 0 Å². The Morgan fingerprint density at radius 3 is 2.82 bits per heavy atom. The maximum Gasteiger partial charge on any atom is 0.253 e. The van der Waals surface area contributed by atoms with Crippen molar-refractivity contribution in [2.45, 2.75) is 38.6 Å². The molecule has 2 heterocycles. The minimum atomic E-state index is -0.569. The molecule has 0 unspecified atom stereocenters. The van der Waals surface area contributed by atoms with E-state index in [2.05, 4.69) is 10.3 Å². The molecule has 0 aromatic carbocycles. The van der Waals surface area contributed by atoms with Gasteiger partial charge in [-0.15, -0.1) is 0 Å². The predicted molar refractivity (Wildman–Crippen MR) is 111 cm³/mol. The molecule has 2 aliphatic rings. The number of carbonyl (C=O) groups is 2. The summed E-state index contributed by atoms with van der Waals surface area (Å²) in [7, 11) is 1.68. The Hall–Kier alpha value is -2.66. The highest BCUT2D eigenvalue weighted by Gasteiger charge is 2.35. The number of likely N-dealkylation sites (N-methyl/N-ethyl adjacent to an activating group) is 1. The zero-order valence-corrected chi connectivity index (χ0v) is 16.9. The Morgan fingerprint density at radius 1 is 1.36 bits per heavy atom. The van der Waals surface area contributed by atoms with E-state index in [0.717, 1.165) is 11.1 Å². The SMILES string of the molecule is C/C=C(\C=C/CC[C@H]1NC(=O)C2=CCCC(Cl)=C2N(C)C1=O)c1ccncc1. The minimum absolute atomic E-state index is 0.138. The van der Waals surface area contributed by atoms with Gasteiger partial charge < -0.3 is 10.2 Å². The first kappa shape index (κ1) is 20.1. The molecule has 1 N–H and O–H groups in total. The minimum Gasteiger partial charge on any atom is -0.340 e. The third kappa shape index (κ3) is 4.25. The number of allylic oxidation sites excluding steroid dienone is 6. The van der Waals surface area contributed by atoms with Crippen molar-refractivity contribution in [2.75, 3.05) is 7.05 Å². The van der Waals surface area contributed by atoms with Crippen LogP contribution in [0.2, 0.25) is 0 Å². The van der Waals surface area contributed by atoms with Crippen LogP contribution in [0, 0.1) is 0 Å². The van der Waals surface area contributed by atoms with Crippen LogP contribution in [0.15, 0.2) is 65.1 Å². The quantitative estimate of drug-likeness (QED) is 0.765. The maximum absolute atomic E-state index is 12.8. The number of hydrogen-bond donors (Lipinski definition) is 1. The molecule has 6 heteroatoms. The maximum atomic E-state index is 12.8. The van der Waals surface area contributed by atoms with Gasteiger partial charge in [0.15, 0.2) is 0 Å². The van der Waals surface area contributed by atoms with Crippen LogP contribution in [0.3, 0.4) is 0 Å². The van der Waals surface area contributed by atoms with Gasteiger partial charge in [-0.25, -0.2) is 0 Å². The first-order valence-corrected chi connectivity index (χ1v) is 9.81. The van der Waals surface area contributed by atoms with Gasteiger partial charge >= 0.3 is 0 Å². The summed E-state index contributed by atoms with van der Waals surface area (Å²) < 4.78 is 0. The summed E-state index contributed by atoms with van der Waals surface area (Å²) in [6, 6.07) is 3.34. The molecule has 1 aliphatic carbocycles. The van der Waals surface area contributed by atoms with Crippen molar-refractivity contribution in [2.24, 2.45) is 0 Å². The molecule has 28 heavy (non-hydrogen) atoms. The lowest BCUT2D eigenvalue weighted by molar-refractivity contribution is -0.131. The first-order chi connectivity index (χ1) is 13.5. The lowest BCUT2D eigenvalue weighted by Gasteiger charge is -2.24. The van der Waals surface area contributed by atoms with Gasteiger partial charge in [-0.3, -0.25) is 14.6 Å². The van der Waals surface area contributed by atoms with Crippen molar-refractivity contribution in [1.82, 2.24) is 15.2 Å². The number of pyridine rings is 1. The van der Waals surface area contributed by atoms with E-state index in [1.165, 1.54) is 4.90 Å². The lowest BCUT2D eigenvalue weighted by atomic mass is 10.0. The molecule has 1 saturated heterocycles. The molecule has 0 bridgehead atoms. The van der Waals surface area contributed by atoms with Gasteiger partial charge in [-0.1, -0.05) is 35.9 Å². The standard InChI is InChI=1S/C22H24ClN3O2/c1-3-15(16-11-13-24-14-12-16)7-4-5-10-19-22(28)26(2)20-17(21(27)25-19)8-6-9-18(20)23/h3-4,7-8,11-14,19H,5-6,9-10H2,1-2H3,(H,25,27)/b7-4-,15-3+/t19-/m1/s1. The molecule has 3 rings (SSSR count). The number of fused-ring (bicyclic) bond motifs is 1. The number of carbonyl (C=O) groups excluding carboxylic acids is 2. The fraction of sp³-hybridized carbons (Fsp3) is 0.318. The molecule has 1 aromatic rings. The van der Waals surface area contributed by atoms with Crippen LogP contribution in [0.5, 0.6) is 0 Å². The Labute approximate surface area is 170 Å². The van der Waals surface area contributed by atoms with E-state index in [4.69, 9.17) is 11.6 Å². The largest absolute Gasteiger partial charge is 0.340 e. The summed E-state index contributed by atoms with van der Waals surface area (Å²) in [5.41, 5.74) is 3.22. The molecule has 0 saturated carbocycles. The molecule has 0 radical (unpaired) electrons. The normalized spacial score (nSPS) is 20.8. The molecule has 5 nitrogen and oxygen atoms in total. The van der Waals surface area contributed by atoms with Crippen LogP contribution in [-0.4, -0.2) is 34.8 Å². The second kappa shape index (κ2) is 9.02. The van der Waals surface area contributed by atoms with Gasteiger partial charge in [-0.05, 0) is 55.9 Å². The van der Waals surface area contributed by atoms with Gasteiger partial charge in [0.2, 0.25) is 5.91 Å². The molecular formula is C22H24ClN3O2. The van der Waals surface area contributed by atoms with Crippen LogP contribution in [-0.2, 0) is 9.59 Å². The Morgan fingerprint density at radius 2 is 2.11 bits per heavy atom. The molecule has 1 atom stereocenters. The third-order valence-corrected chi connectivity index (χ3v) is 5.35. The van der Waals surface area contributed by atoms with Gasteiger partial charge in [0.25, 0.3) is 5.91 Å². The second-order valence-electron chi connectivity index (χ2n) is 6.79. The van der Waals surface area contributed by atoms with Gasteiger partial charge in [0.1, 0.15) is 6.04 Å². The highest BCUT2D eigenvalue weighted by atomic mass is 35.5. The zero-order valence-electron chi connectivity index (χ0n) is 16.1. The summed E-state index contributed by atoms with van der Waals surface area (Å²) >= 11 is 6.31. The molecule has 1 aromatic heterocycles. The van der Waals surface area contributed by atoms with Gasteiger partial charge in [0, 0.05) is 24.5 Å². The molecule has 0 spiro atoms. The summed E-state index contributed by atoms with van der Waals surface area (Å²) in [5.74, 6) is -0.369. The number of amides is 2. The number of hydrogen-bond acceptors (Lipinski definition) is 3. The topological polar surface area (TPSA) is 62.3 Å². The van der Waals surface area contributed by atoms with Crippen LogP contribution in [0.25, 0.3) is 5.57 Å². The third-order valence-electron chi connectivity index (χ3n) is 4.98. The van der Waals surface area contributed by atoms with E-state index in [0.29, 0.717) is 42.0 Å². The number of rotatable bonds is 5. The van der Waals surface area contributed by atoms with E-state index in [1.54, 1.807) is 19.4 Å². The molecule has 146 valence electrons. The van der Waals surface area contributed by atoms with Crippen molar-refractivity contribution in [3.8, 4) is 0 Å². The fourth-order valence-corrected chi connectivity index (χ4v) is 3.82. The molecule has 2 amide bonds. The van der Waals surface area contributed by atoms with Crippen LogP contribution < -0.4 is 5.32 Å². The van der Waals surface area contributed by atoms with E-state index in [1.807, 2.05) is 43.4 Å². The fourth-order valence-electron chi connectivity index (χ4n) is 3.48.